The zero-order chi connectivity index (χ0) is 10.5. The second-order valence-electron chi connectivity index (χ2n) is 5.41. The van der Waals surface area contributed by atoms with Gasteiger partial charge in [-0.25, -0.2) is 0 Å². The van der Waals surface area contributed by atoms with Crippen LogP contribution in [0, 0.1) is 12.8 Å². The van der Waals surface area contributed by atoms with Crippen molar-refractivity contribution in [3.05, 3.63) is 21.9 Å². The zero-order valence-electron chi connectivity index (χ0n) is 9.55. The topological polar surface area (TPSA) is 12.0 Å². The Morgan fingerprint density at radius 2 is 2.27 bits per heavy atom. The summed E-state index contributed by atoms with van der Waals surface area (Å²) < 4.78 is 0. The third-order valence-corrected chi connectivity index (χ3v) is 5.23. The molecule has 0 aliphatic heterocycles. The average Bonchev–Trinajstić information content (AvgIpc) is 3.07. The van der Waals surface area contributed by atoms with Crippen molar-refractivity contribution in [1.29, 1.82) is 0 Å². The smallest absolute Gasteiger partial charge is 0.0110 e. The lowest BCUT2D eigenvalue weighted by molar-refractivity contribution is 0.580. The molecule has 0 aromatic carbocycles. The van der Waals surface area contributed by atoms with Crippen molar-refractivity contribution in [3.8, 4) is 0 Å². The van der Waals surface area contributed by atoms with E-state index in [0.717, 1.165) is 12.0 Å². The van der Waals surface area contributed by atoms with Crippen LogP contribution < -0.4 is 5.32 Å². The fourth-order valence-corrected chi connectivity index (χ4v) is 3.49. The van der Waals surface area contributed by atoms with Crippen molar-refractivity contribution in [2.75, 3.05) is 6.54 Å². The van der Waals surface area contributed by atoms with Gasteiger partial charge in [-0.05, 0) is 50.8 Å². The van der Waals surface area contributed by atoms with Gasteiger partial charge in [-0.3, -0.25) is 0 Å². The molecule has 2 aliphatic rings. The normalized spacial score (nSPS) is 34.4. The molecule has 82 valence electrons. The molecule has 1 aromatic heterocycles. The fraction of sp³-hybridized carbons (Fsp3) is 0.692. The van der Waals surface area contributed by atoms with E-state index in [4.69, 9.17) is 0 Å². The third-order valence-electron chi connectivity index (χ3n) is 3.94. The van der Waals surface area contributed by atoms with Gasteiger partial charge in [0.15, 0.2) is 0 Å². The molecule has 1 aromatic rings. The van der Waals surface area contributed by atoms with Crippen LogP contribution in [-0.4, -0.2) is 12.6 Å². The molecule has 15 heavy (non-hydrogen) atoms. The van der Waals surface area contributed by atoms with Crippen molar-refractivity contribution >= 4 is 11.3 Å². The first-order valence-electron chi connectivity index (χ1n) is 5.99. The Morgan fingerprint density at radius 1 is 1.47 bits per heavy atom. The first kappa shape index (κ1) is 9.86. The van der Waals surface area contributed by atoms with Gasteiger partial charge in [0, 0.05) is 21.2 Å². The summed E-state index contributed by atoms with van der Waals surface area (Å²) in [6.07, 6.45) is 4.19. The molecular weight excluding hydrogens is 202 g/mol. The molecule has 2 fully saturated rings. The Morgan fingerprint density at radius 3 is 2.87 bits per heavy atom. The van der Waals surface area contributed by atoms with E-state index in [0.29, 0.717) is 5.41 Å². The van der Waals surface area contributed by atoms with Crippen molar-refractivity contribution in [2.45, 2.75) is 44.6 Å². The van der Waals surface area contributed by atoms with Crippen LogP contribution in [0.2, 0.25) is 0 Å². The Bertz CT molecular complexity index is 366. The van der Waals surface area contributed by atoms with Crippen LogP contribution in [0.4, 0.5) is 0 Å². The van der Waals surface area contributed by atoms with Gasteiger partial charge in [-0.15, -0.1) is 11.3 Å². The zero-order valence-corrected chi connectivity index (χ0v) is 10.4. The molecule has 0 amide bonds. The van der Waals surface area contributed by atoms with Crippen molar-refractivity contribution in [2.24, 2.45) is 5.92 Å². The van der Waals surface area contributed by atoms with Crippen molar-refractivity contribution < 1.29 is 0 Å². The van der Waals surface area contributed by atoms with Gasteiger partial charge in [0.1, 0.15) is 0 Å². The molecule has 0 radical (unpaired) electrons. The molecule has 2 heteroatoms. The van der Waals surface area contributed by atoms with Crippen LogP contribution in [0.1, 0.15) is 35.9 Å². The summed E-state index contributed by atoms with van der Waals surface area (Å²) in [5.74, 6) is 0.885. The van der Waals surface area contributed by atoms with E-state index in [1.54, 1.807) is 4.88 Å². The number of hydrogen-bond donors (Lipinski definition) is 1. The molecule has 1 N–H and O–H groups in total. The third kappa shape index (κ3) is 1.85. The Hall–Kier alpha value is -0.340. The van der Waals surface area contributed by atoms with Gasteiger partial charge < -0.3 is 5.32 Å². The predicted octanol–water partition coefficient (Wildman–Crippen LogP) is 3.09. The summed E-state index contributed by atoms with van der Waals surface area (Å²) in [5.41, 5.74) is 0.501. The molecule has 2 aliphatic carbocycles. The number of thiophene rings is 1. The van der Waals surface area contributed by atoms with Gasteiger partial charge >= 0.3 is 0 Å². The van der Waals surface area contributed by atoms with E-state index in [1.807, 2.05) is 11.3 Å². The quantitative estimate of drug-likeness (QED) is 0.824. The van der Waals surface area contributed by atoms with Crippen molar-refractivity contribution in [1.82, 2.24) is 5.32 Å². The highest BCUT2D eigenvalue weighted by Crippen LogP contribution is 2.55. The van der Waals surface area contributed by atoms with Gasteiger partial charge in [0.2, 0.25) is 0 Å². The highest BCUT2D eigenvalue weighted by molar-refractivity contribution is 7.12. The fourth-order valence-electron chi connectivity index (χ4n) is 2.39. The highest BCUT2D eigenvalue weighted by Gasteiger charge is 2.51. The van der Waals surface area contributed by atoms with Crippen LogP contribution >= 0.6 is 11.3 Å². The number of rotatable bonds is 4. The van der Waals surface area contributed by atoms with E-state index in [1.165, 1.54) is 30.7 Å². The SMILES string of the molecule is Cc1ccc(C2(C)CC2CNC2CC2)s1. The molecule has 2 unspecified atom stereocenters. The van der Waals surface area contributed by atoms with Gasteiger partial charge in [-0.2, -0.15) is 0 Å². The molecule has 2 atom stereocenters. The maximum absolute atomic E-state index is 3.65. The van der Waals surface area contributed by atoms with E-state index >= 15 is 0 Å². The lowest BCUT2D eigenvalue weighted by Gasteiger charge is -2.09. The van der Waals surface area contributed by atoms with Crippen molar-refractivity contribution in [3.63, 3.8) is 0 Å². The monoisotopic (exact) mass is 221 g/mol. The molecule has 0 spiro atoms. The Balaban J connectivity index is 1.61. The maximum atomic E-state index is 3.65. The Labute approximate surface area is 95.9 Å². The maximum Gasteiger partial charge on any atom is 0.0110 e. The van der Waals surface area contributed by atoms with Crippen LogP contribution in [0.25, 0.3) is 0 Å². The minimum atomic E-state index is 0.501. The average molecular weight is 221 g/mol. The van der Waals surface area contributed by atoms with Crippen LogP contribution in [0.5, 0.6) is 0 Å². The van der Waals surface area contributed by atoms with E-state index in [9.17, 15) is 0 Å². The largest absolute Gasteiger partial charge is 0.314 e. The summed E-state index contributed by atoms with van der Waals surface area (Å²) in [4.78, 5) is 3.05. The molecule has 2 saturated carbocycles. The van der Waals surface area contributed by atoms with Crippen LogP contribution in [-0.2, 0) is 5.41 Å². The van der Waals surface area contributed by atoms with Gasteiger partial charge in [0.05, 0.1) is 0 Å². The Kier molecular flexibility index (Phi) is 2.18. The standard InChI is InChI=1S/C13H19NS/c1-9-3-6-12(15-9)13(2)7-10(13)8-14-11-4-5-11/h3,6,10-11,14H,4-5,7-8H2,1-2H3. The minimum absolute atomic E-state index is 0.501. The summed E-state index contributed by atoms with van der Waals surface area (Å²) in [7, 11) is 0. The molecule has 1 nitrogen and oxygen atoms in total. The number of nitrogens with one attached hydrogen (secondary N) is 1. The molecule has 3 rings (SSSR count). The molecule has 1 heterocycles. The number of hydrogen-bond acceptors (Lipinski definition) is 2. The molecular formula is C13H19NS. The first-order valence-corrected chi connectivity index (χ1v) is 6.80. The second kappa shape index (κ2) is 3.33. The highest BCUT2D eigenvalue weighted by atomic mass is 32.1. The minimum Gasteiger partial charge on any atom is -0.314 e. The molecule has 0 bridgehead atoms. The summed E-state index contributed by atoms with van der Waals surface area (Å²) in [5, 5.41) is 3.65. The second-order valence-corrected chi connectivity index (χ2v) is 6.70. The molecule has 0 saturated heterocycles. The van der Waals surface area contributed by atoms with Crippen LogP contribution in [0.3, 0.4) is 0 Å². The van der Waals surface area contributed by atoms with Gasteiger partial charge in [-0.1, -0.05) is 6.92 Å². The summed E-state index contributed by atoms with van der Waals surface area (Å²) in [6.45, 7) is 5.87. The summed E-state index contributed by atoms with van der Waals surface area (Å²) >= 11 is 1.98. The van der Waals surface area contributed by atoms with E-state index in [2.05, 4.69) is 31.3 Å². The van der Waals surface area contributed by atoms with E-state index < -0.39 is 0 Å². The lowest BCUT2D eigenvalue weighted by Crippen LogP contribution is -2.21. The van der Waals surface area contributed by atoms with E-state index in [-0.39, 0.29) is 0 Å². The lowest BCUT2D eigenvalue weighted by atomic mass is 10.0. The first-order chi connectivity index (χ1) is 7.18. The predicted molar refractivity (Wildman–Crippen MR) is 65.5 cm³/mol. The number of aryl methyl sites for hydroxylation is 1. The van der Waals surface area contributed by atoms with Crippen LogP contribution in [0.15, 0.2) is 12.1 Å². The van der Waals surface area contributed by atoms with Gasteiger partial charge in [0.25, 0.3) is 0 Å². The summed E-state index contributed by atoms with van der Waals surface area (Å²) in [6, 6.07) is 5.45.